The van der Waals surface area contributed by atoms with Crippen LogP contribution in [0.25, 0.3) is 0 Å². The van der Waals surface area contributed by atoms with Crippen molar-refractivity contribution in [3.05, 3.63) is 53.9 Å². The molecule has 2 atom stereocenters. The van der Waals surface area contributed by atoms with E-state index >= 15 is 0 Å². The zero-order valence-electron chi connectivity index (χ0n) is 15.5. The minimum atomic E-state index is -0.110. The Hall–Kier alpha value is -2.60. The highest BCUT2D eigenvalue weighted by atomic mass is 16.5. The molecule has 142 valence electrons. The van der Waals surface area contributed by atoms with E-state index in [1.54, 1.807) is 18.2 Å². The molecule has 3 aliphatic rings. The Morgan fingerprint density at radius 1 is 1.19 bits per heavy atom. The number of carbonyl (C=O) groups is 1. The van der Waals surface area contributed by atoms with Gasteiger partial charge in [0.15, 0.2) is 11.5 Å². The normalized spacial score (nSPS) is 22.5. The summed E-state index contributed by atoms with van der Waals surface area (Å²) in [6, 6.07) is 11.2. The molecule has 0 saturated carbocycles. The molecule has 1 aromatic carbocycles. The van der Waals surface area contributed by atoms with Crippen LogP contribution in [-0.2, 0) is 6.54 Å². The maximum Gasteiger partial charge on any atom is 0.258 e. The zero-order chi connectivity index (χ0) is 18.8. The lowest BCUT2D eigenvalue weighted by atomic mass is 9.94. The van der Waals surface area contributed by atoms with E-state index in [2.05, 4.69) is 9.88 Å². The van der Waals surface area contributed by atoms with Gasteiger partial charge in [-0.1, -0.05) is 12.1 Å². The van der Waals surface area contributed by atoms with Crippen molar-refractivity contribution in [2.24, 2.45) is 5.92 Å². The minimum absolute atomic E-state index is 0.0736. The maximum atomic E-state index is 13.2. The number of phenolic OH excluding ortho intramolecular Hbond substituents is 1. The van der Waals surface area contributed by atoms with Gasteiger partial charge in [0.25, 0.3) is 5.91 Å². The van der Waals surface area contributed by atoms with Crippen LogP contribution in [0.1, 0.15) is 28.9 Å². The third kappa shape index (κ3) is 3.62. The number of ether oxygens (including phenoxy) is 1. The molecule has 1 N–H and O–H groups in total. The predicted molar refractivity (Wildman–Crippen MR) is 102 cm³/mol. The van der Waals surface area contributed by atoms with Crippen molar-refractivity contribution in [1.29, 1.82) is 0 Å². The van der Waals surface area contributed by atoms with Crippen molar-refractivity contribution in [1.82, 2.24) is 14.8 Å². The van der Waals surface area contributed by atoms with Crippen LogP contribution in [0.2, 0.25) is 0 Å². The van der Waals surface area contributed by atoms with Gasteiger partial charge < -0.3 is 14.7 Å². The molecule has 0 aliphatic carbocycles. The third-order valence-electron chi connectivity index (χ3n) is 5.61. The van der Waals surface area contributed by atoms with Gasteiger partial charge in [0.2, 0.25) is 0 Å². The first-order valence-electron chi connectivity index (χ1n) is 9.45. The van der Waals surface area contributed by atoms with Crippen LogP contribution in [-0.4, -0.2) is 58.6 Å². The topological polar surface area (TPSA) is 65.9 Å². The second-order valence-corrected chi connectivity index (χ2v) is 7.43. The van der Waals surface area contributed by atoms with Gasteiger partial charge in [0.1, 0.15) is 0 Å². The molecule has 2 bridgehead atoms. The number of aromatic nitrogens is 1. The molecule has 3 saturated heterocycles. The molecule has 2 aromatic rings. The van der Waals surface area contributed by atoms with Crippen molar-refractivity contribution in [3.8, 4) is 11.5 Å². The molecule has 0 spiro atoms. The molecule has 5 rings (SSSR count). The first kappa shape index (κ1) is 17.8. The van der Waals surface area contributed by atoms with E-state index in [9.17, 15) is 9.90 Å². The highest BCUT2D eigenvalue weighted by Crippen LogP contribution is 2.34. The molecular weight excluding hydrogens is 342 g/mol. The van der Waals surface area contributed by atoms with Gasteiger partial charge in [-0.05, 0) is 43.0 Å². The van der Waals surface area contributed by atoms with E-state index in [0.717, 1.165) is 44.7 Å². The number of amides is 1. The first-order valence-corrected chi connectivity index (χ1v) is 9.45. The number of piperidine rings is 1. The van der Waals surface area contributed by atoms with Crippen LogP contribution in [0, 0.1) is 5.92 Å². The highest BCUT2D eigenvalue weighted by Gasteiger charge is 2.38. The van der Waals surface area contributed by atoms with E-state index in [4.69, 9.17) is 4.74 Å². The fourth-order valence-electron chi connectivity index (χ4n) is 4.29. The van der Waals surface area contributed by atoms with Crippen LogP contribution in [0.4, 0.5) is 0 Å². The smallest absolute Gasteiger partial charge is 0.258 e. The summed E-state index contributed by atoms with van der Waals surface area (Å²) < 4.78 is 5.16. The third-order valence-corrected chi connectivity index (χ3v) is 5.61. The van der Waals surface area contributed by atoms with E-state index in [0.29, 0.717) is 17.2 Å². The summed E-state index contributed by atoms with van der Waals surface area (Å²) in [4.78, 5) is 22.0. The molecule has 1 amide bonds. The molecular formula is C21H25N3O3. The SMILES string of the molecule is COc1cccc(C(=O)N2C[C@@H]3CC[C@H]2CN(Cc2ccccn2)C3)c1O. The highest BCUT2D eigenvalue weighted by molar-refractivity contribution is 5.98. The second kappa shape index (κ2) is 7.56. The number of fused-ring (bicyclic) bond motifs is 4. The lowest BCUT2D eigenvalue weighted by Crippen LogP contribution is -2.47. The molecule has 4 heterocycles. The number of pyridine rings is 1. The fraction of sp³-hybridized carbons (Fsp3) is 0.429. The summed E-state index contributed by atoms with van der Waals surface area (Å²) in [6.07, 6.45) is 3.96. The maximum absolute atomic E-state index is 13.2. The largest absolute Gasteiger partial charge is 0.504 e. The van der Waals surface area contributed by atoms with Gasteiger partial charge >= 0.3 is 0 Å². The van der Waals surface area contributed by atoms with Crippen molar-refractivity contribution >= 4 is 5.91 Å². The lowest BCUT2D eigenvalue weighted by molar-refractivity contribution is 0.0581. The van der Waals surface area contributed by atoms with Crippen LogP contribution >= 0.6 is 0 Å². The Balaban J connectivity index is 1.53. The summed E-state index contributed by atoms with van der Waals surface area (Å²) in [5.74, 6) is 0.595. The fourth-order valence-corrected chi connectivity index (χ4v) is 4.29. The van der Waals surface area contributed by atoms with Gasteiger partial charge in [-0.25, -0.2) is 0 Å². The molecule has 27 heavy (non-hydrogen) atoms. The van der Waals surface area contributed by atoms with Gasteiger partial charge in [-0.15, -0.1) is 0 Å². The number of aromatic hydroxyl groups is 1. The molecule has 3 aliphatic heterocycles. The Labute approximate surface area is 159 Å². The van der Waals surface area contributed by atoms with Crippen molar-refractivity contribution in [2.45, 2.75) is 25.4 Å². The molecule has 6 nitrogen and oxygen atoms in total. The molecule has 6 heteroatoms. The van der Waals surface area contributed by atoms with E-state index in [1.807, 2.05) is 29.3 Å². The number of carbonyl (C=O) groups excluding carboxylic acids is 1. The molecule has 0 radical (unpaired) electrons. The van der Waals surface area contributed by atoms with Gasteiger partial charge in [0, 0.05) is 38.4 Å². The zero-order valence-corrected chi connectivity index (χ0v) is 15.5. The molecule has 0 unspecified atom stereocenters. The van der Waals surface area contributed by atoms with Gasteiger partial charge in [-0.3, -0.25) is 14.7 Å². The average Bonchev–Trinajstić information content (AvgIpc) is 2.99. The summed E-state index contributed by atoms with van der Waals surface area (Å²) in [5.41, 5.74) is 1.38. The number of hydrogen-bond acceptors (Lipinski definition) is 5. The first-order chi connectivity index (χ1) is 13.2. The van der Waals surface area contributed by atoms with Crippen molar-refractivity contribution in [2.75, 3.05) is 26.7 Å². The Kier molecular flexibility index (Phi) is 4.99. The number of methoxy groups -OCH3 is 1. The number of hydrogen-bond donors (Lipinski definition) is 1. The average molecular weight is 367 g/mol. The quantitative estimate of drug-likeness (QED) is 0.900. The van der Waals surface area contributed by atoms with E-state index in [1.165, 1.54) is 7.11 Å². The van der Waals surface area contributed by atoms with E-state index in [-0.39, 0.29) is 17.7 Å². The van der Waals surface area contributed by atoms with Crippen molar-refractivity contribution < 1.29 is 14.6 Å². The molecule has 3 fully saturated rings. The molecule has 1 aromatic heterocycles. The van der Waals surface area contributed by atoms with Crippen LogP contribution in [0.15, 0.2) is 42.6 Å². The van der Waals surface area contributed by atoms with Gasteiger partial charge in [0.05, 0.1) is 18.4 Å². The number of nitrogens with zero attached hydrogens (tertiary/aromatic N) is 3. The minimum Gasteiger partial charge on any atom is -0.504 e. The summed E-state index contributed by atoms with van der Waals surface area (Å²) in [7, 11) is 1.49. The number of phenols is 1. The van der Waals surface area contributed by atoms with Crippen LogP contribution < -0.4 is 4.74 Å². The second-order valence-electron chi connectivity index (χ2n) is 7.43. The summed E-state index contributed by atoms with van der Waals surface area (Å²) in [5, 5.41) is 10.4. The monoisotopic (exact) mass is 367 g/mol. The predicted octanol–water partition coefficient (Wildman–Crippen LogP) is 2.53. The Morgan fingerprint density at radius 2 is 2.07 bits per heavy atom. The van der Waals surface area contributed by atoms with Crippen molar-refractivity contribution in [3.63, 3.8) is 0 Å². The summed E-state index contributed by atoms with van der Waals surface area (Å²) >= 11 is 0. The standard InChI is InChI=1S/C21H25N3O3/c1-27-19-7-4-6-18(20(19)25)21(26)24-12-15-8-9-17(24)14-23(11-15)13-16-5-2-3-10-22-16/h2-7,10,15,17,25H,8-9,11-14H2,1H3/t15-,17+/m1/s1. The Morgan fingerprint density at radius 3 is 2.85 bits per heavy atom. The Bertz CT molecular complexity index is 812. The number of para-hydroxylation sites is 1. The van der Waals surface area contributed by atoms with Gasteiger partial charge in [-0.2, -0.15) is 0 Å². The summed E-state index contributed by atoms with van der Waals surface area (Å²) in [6.45, 7) is 3.35. The van der Waals surface area contributed by atoms with Crippen LogP contribution in [0.3, 0.4) is 0 Å². The number of rotatable bonds is 4. The van der Waals surface area contributed by atoms with E-state index < -0.39 is 0 Å². The van der Waals surface area contributed by atoms with Crippen LogP contribution in [0.5, 0.6) is 11.5 Å². The number of benzene rings is 1. The lowest BCUT2D eigenvalue weighted by Gasteiger charge is -2.36.